The molecule has 5 rings (SSSR count). The highest BCUT2D eigenvalue weighted by atomic mass is 32.2. The lowest BCUT2D eigenvalue weighted by Gasteiger charge is -2.30. The van der Waals surface area contributed by atoms with Crippen LogP contribution in [0.15, 0.2) is 45.6 Å². The zero-order chi connectivity index (χ0) is 23.7. The van der Waals surface area contributed by atoms with Gasteiger partial charge in [0.2, 0.25) is 5.76 Å². The van der Waals surface area contributed by atoms with Crippen LogP contribution >= 0.6 is 0 Å². The van der Waals surface area contributed by atoms with Gasteiger partial charge in [0.1, 0.15) is 5.58 Å². The summed E-state index contributed by atoms with van der Waals surface area (Å²) in [5, 5.41) is 11.7. The predicted octanol–water partition coefficient (Wildman–Crippen LogP) is 3.05. The highest BCUT2D eigenvalue weighted by Crippen LogP contribution is 2.42. The van der Waals surface area contributed by atoms with Crippen molar-refractivity contribution in [2.75, 3.05) is 11.5 Å². The fourth-order valence-corrected chi connectivity index (χ4v) is 6.66. The lowest BCUT2D eigenvalue weighted by atomic mass is 9.96. The number of amides is 1. The van der Waals surface area contributed by atoms with Crippen LogP contribution in [0.4, 0.5) is 5.69 Å². The summed E-state index contributed by atoms with van der Waals surface area (Å²) in [4.78, 5) is 39.4. The second-order valence-electron chi connectivity index (χ2n) is 8.66. The van der Waals surface area contributed by atoms with Crippen LogP contribution in [-0.2, 0) is 9.84 Å². The molecule has 1 amide bonds. The third-order valence-electron chi connectivity index (χ3n) is 6.34. The van der Waals surface area contributed by atoms with E-state index in [0.29, 0.717) is 22.1 Å². The van der Waals surface area contributed by atoms with Crippen molar-refractivity contribution in [3.63, 3.8) is 0 Å². The van der Waals surface area contributed by atoms with Crippen molar-refractivity contribution in [2.45, 2.75) is 32.4 Å². The number of aryl methyl sites for hydroxylation is 2. The Morgan fingerprint density at radius 2 is 1.91 bits per heavy atom. The van der Waals surface area contributed by atoms with Gasteiger partial charge in [0, 0.05) is 18.2 Å². The highest BCUT2D eigenvalue weighted by Gasteiger charge is 2.48. The zero-order valence-corrected chi connectivity index (χ0v) is 18.7. The molecule has 2 aromatic carbocycles. The van der Waals surface area contributed by atoms with Gasteiger partial charge in [-0.25, -0.2) is 8.42 Å². The van der Waals surface area contributed by atoms with Crippen LogP contribution in [0.5, 0.6) is 0 Å². The molecule has 0 bridgehead atoms. The van der Waals surface area contributed by atoms with Crippen LogP contribution in [0.3, 0.4) is 0 Å². The predicted molar refractivity (Wildman–Crippen MR) is 120 cm³/mol. The molecular formula is C23H20N2O7S. The number of hydrogen-bond donors (Lipinski definition) is 0. The molecule has 3 heterocycles. The molecule has 2 atom stereocenters. The van der Waals surface area contributed by atoms with E-state index in [1.807, 2.05) is 13.0 Å². The van der Waals surface area contributed by atoms with Crippen molar-refractivity contribution in [3.8, 4) is 0 Å². The van der Waals surface area contributed by atoms with E-state index in [1.165, 1.54) is 23.1 Å². The fourth-order valence-electron chi connectivity index (χ4n) is 4.95. The maximum absolute atomic E-state index is 13.7. The van der Waals surface area contributed by atoms with E-state index in [-0.39, 0.29) is 34.9 Å². The average Bonchev–Trinajstić information content (AvgIpc) is 3.25. The summed E-state index contributed by atoms with van der Waals surface area (Å²) in [5.74, 6) is -1.02. The SMILES string of the molecule is Cc1cc(C)c2oc3c(c(=O)c2c1)C(c1cccc([N+](=O)[O-])c1)N(C1CCS(=O)(=O)C1)C3=O. The molecule has 0 spiro atoms. The number of nitro benzene ring substituents is 1. The third-order valence-corrected chi connectivity index (χ3v) is 8.09. The normalized spacial score (nSPS) is 21.5. The Balaban J connectivity index is 1.80. The first-order chi connectivity index (χ1) is 15.6. The quantitative estimate of drug-likeness (QED) is 0.427. The summed E-state index contributed by atoms with van der Waals surface area (Å²) >= 11 is 0. The number of benzene rings is 2. The Morgan fingerprint density at radius 1 is 1.15 bits per heavy atom. The minimum Gasteiger partial charge on any atom is -0.450 e. The van der Waals surface area contributed by atoms with Crippen LogP contribution < -0.4 is 5.43 Å². The Kier molecular flexibility index (Phi) is 4.68. The number of non-ortho nitro benzene ring substituents is 1. The maximum atomic E-state index is 13.7. The van der Waals surface area contributed by atoms with Gasteiger partial charge >= 0.3 is 0 Å². The van der Waals surface area contributed by atoms with E-state index in [2.05, 4.69) is 0 Å². The van der Waals surface area contributed by atoms with Crippen molar-refractivity contribution in [1.29, 1.82) is 0 Å². The van der Waals surface area contributed by atoms with Gasteiger partial charge in [-0.15, -0.1) is 0 Å². The number of fused-ring (bicyclic) bond motifs is 2. The second kappa shape index (κ2) is 7.24. The highest BCUT2D eigenvalue weighted by molar-refractivity contribution is 7.91. The summed E-state index contributed by atoms with van der Waals surface area (Å²) in [6.45, 7) is 3.63. The van der Waals surface area contributed by atoms with Gasteiger partial charge in [-0.2, -0.15) is 0 Å². The largest absolute Gasteiger partial charge is 0.450 e. The molecule has 1 aromatic heterocycles. The molecule has 2 aliphatic rings. The van der Waals surface area contributed by atoms with Gasteiger partial charge < -0.3 is 9.32 Å². The Morgan fingerprint density at radius 3 is 2.58 bits per heavy atom. The van der Waals surface area contributed by atoms with Gasteiger partial charge in [0.15, 0.2) is 15.3 Å². The second-order valence-corrected chi connectivity index (χ2v) is 10.9. The van der Waals surface area contributed by atoms with E-state index in [9.17, 15) is 28.1 Å². The summed E-state index contributed by atoms with van der Waals surface area (Å²) in [7, 11) is -3.34. The number of carbonyl (C=O) groups excluding carboxylic acids is 1. The fraction of sp³-hybridized carbons (Fsp3) is 0.304. The number of sulfone groups is 1. The topological polar surface area (TPSA) is 128 Å². The minimum atomic E-state index is -3.34. The van der Waals surface area contributed by atoms with Crippen molar-refractivity contribution < 1.29 is 22.6 Å². The van der Waals surface area contributed by atoms with Gasteiger partial charge in [-0.1, -0.05) is 18.2 Å². The maximum Gasteiger partial charge on any atom is 0.291 e. The first kappa shape index (κ1) is 21.3. The third kappa shape index (κ3) is 3.32. The average molecular weight is 468 g/mol. The lowest BCUT2D eigenvalue weighted by molar-refractivity contribution is -0.384. The molecule has 1 fully saturated rings. The van der Waals surface area contributed by atoms with E-state index in [0.717, 1.165) is 5.56 Å². The van der Waals surface area contributed by atoms with Crippen molar-refractivity contribution in [3.05, 3.63) is 84.7 Å². The molecule has 3 aromatic rings. The number of rotatable bonds is 3. The molecule has 10 heteroatoms. The molecule has 0 radical (unpaired) electrons. The van der Waals surface area contributed by atoms with Crippen molar-refractivity contribution >= 4 is 32.4 Å². The van der Waals surface area contributed by atoms with Gasteiger partial charge in [0.05, 0.1) is 33.4 Å². The van der Waals surface area contributed by atoms with E-state index in [4.69, 9.17) is 4.42 Å². The van der Waals surface area contributed by atoms with Gasteiger partial charge in [0.25, 0.3) is 11.6 Å². The molecule has 2 aliphatic heterocycles. The molecule has 0 N–H and O–H groups in total. The monoisotopic (exact) mass is 468 g/mol. The molecular weight excluding hydrogens is 448 g/mol. The van der Waals surface area contributed by atoms with Gasteiger partial charge in [-0.3, -0.25) is 19.7 Å². The lowest BCUT2D eigenvalue weighted by Crippen LogP contribution is -2.40. The van der Waals surface area contributed by atoms with Crippen molar-refractivity contribution in [2.24, 2.45) is 0 Å². The zero-order valence-electron chi connectivity index (χ0n) is 17.9. The number of nitro groups is 1. The van der Waals surface area contributed by atoms with Crippen molar-refractivity contribution in [1.82, 2.24) is 4.90 Å². The first-order valence-electron chi connectivity index (χ1n) is 10.4. The summed E-state index contributed by atoms with van der Waals surface area (Å²) in [5.41, 5.74) is 1.71. The number of nitrogens with zero attached hydrogens (tertiary/aromatic N) is 2. The molecule has 2 unspecified atom stereocenters. The molecule has 0 aliphatic carbocycles. The minimum absolute atomic E-state index is 0.0684. The molecule has 9 nitrogen and oxygen atoms in total. The smallest absolute Gasteiger partial charge is 0.291 e. The molecule has 1 saturated heterocycles. The Bertz CT molecular complexity index is 1520. The van der Waals surface area contributed by atoms with Crippen LogP contribution in [0.25, 0.3) is 11.0 Å². The summed E-state index contributed by atoms with van der Waals surface area (Å²) in [6, 6.07) is 7.60. The molecule has 33 heavy (non-hydrogen) atoms. The van der Waals surface area contributed by atoms with Crippen LogP contribution in [-0.4, -0.2) is 41.7 Å². The van der Waals surface area contributed by atoms with Crippen LogP contribution in [0, 0.1) is 24.0 Å². The van der Waals surface area contributed by atoms with E-state index < -0.39 is 38.2 Å². The number of hydrogen-bond acceptors (Lipinski definition) is 7. The first-order valence-corrected chi connectivity index (χ1v) is 12.2. The summed E-state index contributed by atoms with van der Waals surface area (Å²) < 4.78 is 30.4. The molecule has 170 valence electrons. The van der Waals surface area contributed by atoms with Crippen LogP contribution in [0.1, 0.15) is 45.3 Å². The summed E-state index contributed by atoms with van der Waals surface area (Å²) in [6.07, 6.45) is 0.222. The van der Waals surface area contributed by atoms with Gasteiger partial charge in [-0.05, 0) is 43.0 Å². The van der Waals surface area contributed by atoms with E-state index in [1.54, 1.807) is 19.1 Å². The Labute approximate surface area is 188 Å². The van der Waals surface area contributed by atoms with E-state index >= 15 is 0 Å². The molecule has 0 saturated carbocycles. The Hall–Kier alpha value is -3.53. The van der Waals surface area contributed by atoms with Crippen LogP contribution in [0.2, 0.25) is 0 Å². The standard InChI is InChI=1S/C23H20N2O7S/c1-12-8-13(2)21-17(9-12)20(26)18-19(14-4-3-5-15(10-14)25(28)29)24(23(27)22(18)32-21)16-6-7-33(30,31)11-16/h3-5,8-10,16,19H,6-7,11H2,1-2H3. The number of carbonyl (C=O) groups is 1.